The summed E-state index contributed by atoms with van der Waals surface area (Å²) in [4.78, 5) is 35.1. The van der Waals surface area contributed by atoms with Crippen molar-refractivity contribution in [2.75, 3.05) is 31.5 Å². The highest BCUT2D eigenvalue weighted by Crippen LogP contribution is 2.25. The zero-order valence-corrected chi connectivity index (χ0v) is 20.6. The van der Waals surface area contributed by atoms with Crippen LogP contribution in [0.2, 0.25) is 0 Å². The van der Waals surface area contributed by atoms with Crippen molar-refractivity contribution >= 4 is 22.6 Å². The normalized spacial score (nSPS) is 15.6. The fraction of sp³-hybridized carbons (Fsp3) is 0.444. The maximum absolute atomic E-state index is 13.1. The number of hydrogen-bond donors (Lipinski definition) is 1. The van der Waals surface area contributed by atoms with Crippen LogP contribution in [-0.4, -0.2) is 51.6 Å². The lowest BCUT2D eigenvalue weighted by Crippen LogP contribution is -2.51. The van der Waals surface area contributed by atoms with Crippen molar-refractivity contribution in [3.05, 3.63) is 70.3 Å². The van der Waals surface area contributed by atoms with Gasteiger partial charge in [-0.05, 0) is 49.1 Å². The van der Waals surface area contributed by atoms with Gasteiger partial charge >= 0.3 is 6.03 Å². The smallest absolute Gasteiger partial charge is 0.321 e. The predicted octanol–water partition coefficient (Wildman–Crippen LogP) is 4.84. The number of nitrogens with one attached hydrogen (secondary N) is 1. The fourth-order valence-corrected chi connectivity index (χ4v) is 4.74. The zero-order valence-electron chi connectivity index (χ0n) is 20.6. The molecule has 2 aromatic carbocycles. The second kappa shape index (κ2) is 10.4. The van der Waals surface area contributed by atoms with E-state index in [1.165, 1.54) is 5.56 Å². The van der Waals surface area contributed by atoms with Gasteiger partial charge in [0, 0.05) is 38.4 Å². The predicted molar refractivity (Wildman–Crippen MR) is 137 cm³/mol. The van der Waals surface area contributed by atoms with Crippen LogP contribution in [0.25, 0.3) is 10.9 Å². The standard InChI is InChI=1S/C27H35N5O2/c1-5-24(25-29-23-10-8-7-9-22(23)26(33)32(25)6-2)30-15-17-31(18-16-30)27(34)28-21-13-11-20(12-14-21)19(3)4/h7-14,19,24H,5-6,15-18H2,1-4H3,(H,28,34). The second-order valence-electron chi connectivity index (χ2n) is 9.19. The molecule has 0 bridgehead atoms. The number of carbonyl (C=O) groups excluding carboxylic acids is 1. The number of rotatable bonds is 6. The van der Waals surface area contributed by atoms with E-state index < -0.39 is 0 Å². The van der Waals surface area contributed by atoms with Crippen LogP contribution in [0, 0.1) is 0 Å². The number of anilines is 1. The van der Waals surface area contributed by atoms with Crippen molar-refractivity contribution in [3.63, 3.8) is 0 Å². The first-order valence-corrected chi connectivity index (χ1v) is 12.3. The minimum Gasteiger partial charge on any atom is -0.322 e. The molecule has 0 radical (unpaired) electrons. The maximum Gasteiger partial charge on any atom is 0.321 e. The van der Waals surface area contributed by atoms with Gasteiger partial charge in [-0.1, -0.05) is 45.0 Å². The lowest BCUT2D eigenvalue weighted by molar-refractivity contribution is 0.105. The van der Waals surface area contributed by atoms with Crippen molar-refractivity contribution in [1.29, 1.82) is 0 Å². The average Bonchev–Trinajstić information content (AvgIpc) is 2.85. The first-order valence-electron chi connectivity index (χ1n) is 12.3. The van der Waals surface area contributed by atoms with Crippen molar-refractivity contribution in [2.45, 2.75) is 52.6 Å². The van der Waals surface area contributed by atoms with E-state index >= 15 is 0 Å². The molecule has 1 unspecified atom stereocenters. The van der Waals surface area contributed by atoms with Gasteiger partial charge in [0.05, 0.1) is 16.9 Å². The summed E-state index contributed by atoms with van der Waals surface area (Å²) < 4.78 is 1.80. The van der Waals surface area contributed by atoms with Crippen LogP contribution in [0.3, 0.4) is 0 Å². The largest absolute Gasteiger partial charge is 0.322 e. The van der Waals surface area contributed by atoms with Gasteiger partial charge in [0.25, 0.3) is 5.56 Å². The van der Waals surface area contributed by atoms with Gasteiger partial charge in [-0.15, -0.1) is 0 Å². The molecule has 2 amide bonds. The Morgan fingerprint density at radius 3 is 2.29 bits per heavy atom. The van der Waals surface area contributed by atoms with Gasteiger partial charge in [0.1, 0.15) is 5.82 Å². The Morgan fingerprint density at radius 1 is 1.00 bits per heavy atom. The monoisotopic (exact) mass is 461 g/mol. The molecule has 1 saturated heterocycles. The van der Waals surface area contributed by atoms with Gasteiger partial charge in [-0.25, -0.2) is 9.78 Å². The summed E-state index contributed by atoms with van der Waals surface area (Å²) in [5.41, 5.74) is 2.83. The van der Waals surface area contributed by atoms with E-state index in [1.807, 2.05) is 48.2 Å². The van der Waals surface area contributed by atoms with E-state index in [1.54, 1.807) is 4.57 Å². The Kier molecular flexibility index (Phi) is 7.32. The molecule has 1 aromatic heterocycles. The Balaban J connectivity index is 1.46. The van der Waals surface area contributed by atoms with E-state index in [4.69, 9.17) is 4.98 Å². The van der Waals surface area contributed by atoms with Gasteiger partial charge in [-0.3, -0.25) is 14.3 Å². The van der Waals surface area contributed by atoms with Crippen LogP contribution in [-0.2, 0) is 6.54 Å². The molecule has 1 atom stereocenters. The quantitative estimate of drug-likeness (QED) is 0.570. The molecule has 34 heavy (non-hydrogen) atoms. The molecule has 1 fully saturated rings. The van der Waals surface area contributed by atoms with E-state index in [0.717, 1.165) is 36.5 Å². The Bertz CT molecular complexity index is 1190. The molecular formula is C27H35N5O2. The summed E-state index contributed by atoms with van der Waals surface area (Å²) in [6.07, 6.45) is 0.846. The number of aromatic nitrogens is 2. The molecule has 180 valence electrons. The number of para-hydroxylation sites is 1. The minimum absolute atomic E-state index is 0.0167. The number of benzene rings is 2. The molecule has 0 saturated carbocycles. The van der Waals surface area contributed by atoms with E-state index in [0.29, 0.717) is 30.9 Å². The van der Waals surface area contributed by atoms with Crippen LogP contribution in [0.15, 0.2) is 53.3 Å². The van der Waals surface area contributed by atoms with Gasteiger partial charge in [0.15, 0.2) is 0 Å². The average molecular weight is 462 g/mol. The molecule has 0 spiro atoms. The maximum atomic E-state index is 13.1. The molecule has 2 heterocycles. The van der Waals surface area contributed by atoms with E-state index in [9.17, 15) is 9.59 Å². The Labute approximate surface area is 201 Å². The molecular weight excluding hydrogens is 426 g/mol. The molecule has 4 rings (SSSR count). The lowest BCUT2D eigenvalue weighted by Gasteiger charge is -2.39. The summed E-state index contributed by atoms with van der Waals surface area (Å²) >= 11 is 0. The first-order chi connectivity index (χ1) is 16.4. The molecule has 1 N–H and O–H groups in total. The molecule has 7 nitrogen and oxygen atoms in total. The highest BCUT2D eigenvalue weighted by Gasteiger charge is 2.29. The topological polar surface area (TPSA) is 70.5 Å². The Hall–Kier alpha value is -3.19. The van der Waals surface area contributed by atoms with Crippen molar-refractivity contribution in [3.8, 4) is 0 Å². The number of amides is 2. The lowest BCUT2D eigenvalue weighted by atomic mass is 10.0. The third kappa shape index (κ3) is 4.85. The third-order valence-electron chi connectivity index (χ3n) is 6.76. The number of carbonyl (C=O) groups is 1. The first kappa shape index (κ1) is 24.0. The van der Waals surface area contributed by atoms with Crippen molar-refractivity contribution in [2.24, 2.45) is 0 Å². The summed E-state index contributed by atoms with van der Waals surface area (Å²) in [6.45, 7) is 11.8. The number of nitrogens with zero attached hydrogens (tertiary/aromatic N) is 4. The minimum atomic E-state index is -0.0701. The van der Waals surface area contributed by atoms with Crippen LogP contribution in [0.1, 0.15) is 57.5 Å². The number of hydrogen-bond acceptors (Lipinski definition) is 4. The van der Waals surface area contributed by atoms with Crippen LogP contribution in [0.4, 0.5) is 10.5 Å². The second-order valence-corrected chi connectivity index (χ2v) is 9.19. The highest BCUT2D eigenvalue weighted by molar-refractivity contribution is 5.89. The van der Waals surface area contributed by atoms with Gasteiger partial charge in [-0.2, -0.15) is 0 Å². The fourth-order valence-electron chi connectivity index (χ4n) is 4.74. The molecule has 0 aliphatic carbocycles. The number of piperazine rings is 1. The molecule has 1 aliphatic rings. The third-order valence-corrected chi connectivity index (χ3v) is 6.76. The summed E-state index contributed by atoms with van der Waals surface area (Å²) in [5.74, 6) is 1.28. The van der Waals surface area contributed by atoms with Gasteiger partial charge in [0.2, 0.25) is 0 Å². The highest BCUT2D eigenvalue weighted by atomic mass is 16.2. The number of fused-ring (bicyclic) bond motifs is 1. The zero-order chi connectivity index (χ0) is 24.2. The van der Waals surface area contributed by atoms with Crippen molar-refractivity contribution in [1.82, 2.24) is 19.4 Å². The van der Waals surface area contributed by atoms with E-state index in [2.05, 4.69) is 43.1 Å². The van der Waals surface area contributed by atoms with Crippen molar-refractivity contribution < 1.29 is 4.79 Å². The van der Waals surface area contributed by atoms with Crippen LogP contribution in [0.5, 0.6) is 0 Å². The molecule has 7 heteroatoms. The van der Waals surface area contributed by atoms with Crippen LogP contribution < -0.4 is 10.9 Å². The molecule has 3 aromatic rings. The van der Waals surface area contributed by atoms with E-state index in [-0.39, 0.29) is 17.6 Å². The summed E-state index contributed by atoms with van der Waals surface area (Å²) in [7, 11) is 0. The number of urea groups is 1. The summed E-state index contributed by atoms with van der Waals surface area (Å²) in [5, 5.41) is 3.68. The Morgan fingerprint density at radius 2 is 1.68 bits per heavy atom. The SMILES string of the molecule is CCC(c1nc2ccccc2c(=O)n1CC)N1CCN(C(=O)Nc2ccc(C(C)C)cc2)CC1. The van der Waals surface area contributed by atoms with Gasteiger partial charge < -0.3 is 10.2 Å². The van der Waals surface area contributed by atoms with Crippen LogP contribution >= 0.6 is 0 Å². The summed E-state index contributed by atoms with van der Waals surface area (Å²) in [6, 6.07) is 15.6. The molecule has 1 aliphatic heterocycles.